The lowest BCUT2D eigenvalue weighted by Crippen LogP contribution is -2.53. The van der Waals surface area contributed by atoms with Crippen LogP contribution in [0, 0.1) is 0 Å². The topological polar surface area (TPSA) is 64.8 Å². The van der Waals surface area contributed by atoms with E-state index in [4.69, 9.17) is 0 Å². The molecule has 0 aliphatic carbocycles. The van der Waals surface area contributed by atoms with E-state index < -0.39 is 31.7 Å². The second-order valence-electron chi connectivity index (χ2n) is 6.78. The molecule has 0 bridgehead atoms. The molecular weight excluding hydrogens is 355 g/mol. The molecule has 0 amide bonds. The molecule has 2 aromatic rings. The summed E-state index contributed by atoms with van der Waals surface area (Å²) in [4.78, 5) is 3.84. The summed E-state index contributed by atoms with van der Waals surface area (Å²) in [6, 6.07) is 4.58. The van der Waals surface area contributed by atoms with E-state index in [1.54, 1.807) is 20.8 Å². The summed E-state index contributed by atoms with van der Waals surface area (Å²) in [5.41, 5.74) is -1.33. The predicted molar refractivity (Wildman–Crippen MR) is 87.7 cm³/mol. The Bertz CT molecular complexity index is 829. The molecule has 25 heavy (non-hydrogen) atoms. The molecule has 0 N–H and O–H groups in total. The van der Waals surface area contributed by atoms with E-state index in [9.17, 15) is 21.6 Å². The summed E-state index contributed by atoms with van der Waals surface area (Å²) in [5, 5.41) is 4.01. The number of alkyl halides is 3. The van der Waals surface area contributed by atoms with Gasteiger partial charge in [-0.15, -0.1) is 0 Å². The van der Waals surface area contributed by atoms with E-state index in [2.05, 4.69) is 10.1 Å². The molecule has 138 valence electrons. The zero-order chi connectivity index (χ0) is 19.1. The molecule has 1 heterocycles. The standard InChI is InChI=1S/C16H20F3N3O2S/c1-14(2,25(4,23)24)15(3,9-22-11-20-10-21-22)12-5-7-13(8-6-12)16(17,18)19/h5-8,10-11H,9H2,1-4H3/t15-/m1/s1. The Morgan fingerprint density at radius 1 is 1.04 bits per heavy atom. The normalized spacial score (nSPS) is 15.8. The van der Waals surface area contributed by atoms with Crippen LogP contribution in [-0.4, -0.2) is 34.2 Å². The first kappa shape index (κ1) is 19.4. The molecule has 1 aromatic carbocycles. The third-order valence-corrected chi connectivity index (χ3v) is 7.35. The number of sulfone groups is 1. The summed E-state index contributed by atoms with van der Waals surface area (Å²) in [6.07, 6.45) is -0.564. The number of hydrogen-bond donors (Lipinski definition) is 0. The third-order valence-electron chi connectivity index (χ3n) is 5.05. The second kappa shape index (κ2) is 6.12. The summed E-state index contributed by atoms with van der Waals surface area (Å²) < 4.78 is 63.5. The van der Waals surface area contributed by atoms with Crippen LogP contribution < -0.4 is 0 Å². The highest BCUT2D eigenvalue weighted by Gasteiger charge is 2.50. The van der Waals surface area contributed by atoms with Crippen molar-refractivity contribution < 1.29 is 21.6 Å². The van der Waals surface area contributed by atoms with E-state index in [1.165, 1.54) is 29.5 Å². The summed E-state index contributed by atoms with van der Waals surface area (Å²) in [5.74, 6) is 0. The Kier molecular flexibility index (Phi) is 4.75. The van der Waals surface area contributed by atoms with Gasteiger partial charge in [-0.1, -0.05) is 19.1 Å². The van der Waals surface area contributed by atoms with Crippen LogP contribution in [0.3, 0.4) is 0 Å². The number of nitrogens with zero attached hydrogens (tertiary/aromatic N) is 3. The maximum atomic E-state index is 12.8. The predicted octanol–water partition coefficient (Wildman–Crippen LogP) is 3.08. The molecule has 0 radical (unpaired) electrons. The van der Waals surface area contributed by atoms with Gasteiger partial charge in [0.25, 0.3) is 0 Å². The minimum Gasteiger partial charge on any atom is -0.252 e. The summed E-state index contributed by atoms with van der Waals surface area (Å²) >= 11 is 0. The minimum absolute atomic E-state index is 0.151. The van der Waals surface area contributed by atoms with Crippen molar-refractivity contribution in [2.75, 3.05) is 6.26 Å². The summed E-state index contributed by atoms with van der Waals surface area (Å²) in [7, 11) is -3.53. The van der Waals surface area contributed by atoms with Crippen molar-refractivity contribution in [1.29, 1.82) is 0 Å². The maximum Gasteiger partial charge on any atom is 0.416 e. The average molecular weight is 375 g/mol. The molecule has 0 spiro atoms. The van der Waals surface area contributed by atoms with Gasteiger partial charge >= 0.3 is 6.18 Å². The van der Waals surface area contributed by atoms with E-state index in [0.29, 0.717) is 5.56 Å². The Hall–Kier alpha value is -1.90. The third kappa shape index (κ3) is 3.56. The van der Waals surface area contributed by atoms with Crippen molar-refractivity contribution in [3.63, 3.8) is 0 Å². The van der Waals surface area contributed by atoms with E-state index in [1.807, 2.05) is 0 Å². The molecule has 0 saturated heterocycles. The second-order valence-corrected chi connectivity index (χ2v) is 9.35. The molecule has 0 aliphatic rings. The van der Waals surface area contributed by atoms with Gasteiger partial charge in [0.1, 0.15) is 12.7 Å². The molecule has 2 rings (SSSR count). The lowest BCUT2D eigenvalue weighted by atomic mass is 9.72. The molecule has 5 nitrogen and oxygen atoms in total. The first-order chi connectivity index (χ1) is 11.3. The van der Waals surface area contributed by atoms with Gasteiger partial charge in [0, 0.05) is 11.7 Å². The van der Waals surface area contributed by atoms with Gasteiger partial charge < -0.3 is 0 Å². The van der Waals surface area contributed by atoms with Gasteiger partial charge in [0.2, 0.25) is 0 Å². The van der Waals surface area contributed by atoms with Crippen LogP contribution in [0.15, 0.2) is 36.9 Å². The first-order valence-corrected chi connectivity index (χ1v) is 9.38. The highest BCUT2D eigenvalue weighted by atomic mass is 32.2. The largest absolute Gasteiger partial charge is 0.416 e. The Morgan fingerprint density at radius 2 is 1.56 bits per heavy atom. The number of rotatable bonds is 5. The molecule has 0 fully saturated rings. The quantitative estimate of drug-likeness (QED) is 0.806. The maximum absolute atomic E-state index is 12.8. The van der Waals surface area contributed by atoms with Gasteiger partial charge in [-0.3, -0.25) is 4.68 Å². The SMILES string of the molecule is CC(C)([C@](C)(Cn1cncn1)c1ccc(C(F)(F)F)cc1)S(C)(=O)=O. The van der Waals surface area contributed by atoms with Crippen LogP contribution in [0.1, 0.15) is 31.9 Å². The Labute approximate surface area is 144 Å². The zero-order valence-electron chi connectivity index (χ0n) is 14.4. The van der Waals surface area contributed by atoms with Crippen molar-refractivity contribution >= 4 is 9.84 Å². The molecule has 9 heteroatoms. The minimum atomic E-state index is -4.45. The molecule has 1 aromatic heterocycles. The van der Waals surface area contributed by atoms with E-state index in [0.717, 1.165) is 18.4 Å². The van der Waals surface area contributed by atoms with Gasteiger partial charge in [-0.25, -0.2) is 13.4 Å². The highest BCUT2D eigenvalue weighted by Crippen LogP contribution is 2.42. The fraction of sp³-hybridized carbons (Fsp3) is 0.500. The number of benzene rings is 1. The van der Waals surface area contributed by atoms with Gasteiger partial charge in [0.15, 0.2) is 9.84 Å². The van der Waals surface area contributed by atoms with Crippen LogP contribution in [0.2, 0.25) is 0 Å². The van der Waals surface area contributed by atoms with Crippen molar-refractivity contribution in [2.45, 2.75) is 43.7 Å². The first-order valence-electron chi connectivity index (χ1n) is 7.49. The molecular formula is C16H20F3N3O2S. The monoisotopic (exact) mass is 375 g/mol. The summed E-state index contributed by atoms with van der Waals surface area (Å²) in [6.45, 7) is 4.99. The van der Waals surface area contributed by atoms with Crippen LogP contribution in [0.25, 0.3) is 0 Å². The van der Waals surface area contributed by atoms with Gasteiger partial charge in [-0.05, 0) is 31.5 Å². The van der Waals surface area contributed by atoms with E-state index >= 15 is 0 Å². The number of halogens is 3. The van der Waals surface area contributed by atoms with E-state index in [-0.39, 0.29) is 6.54 Å². The lowest BCUT2D eigenvalue weighted by Gasteiger charge is -2.43. The molecule has 0 aliphatic heterocycles. The van der Waals surface area contributed by atoms with Crippen LogP contribution in [0.4, 0.5) is 13.2 Å². The number of hydrogen-bond acceptors (Lipinski definition) is 4. The highest BCUT2D eigenvalue weighted by molar-refractivity contribution is 7.92. The lowest BCUT2D eigenvalue weighted by molar-refractivity contribution is -0.137. The fourth-order valence-corrected chi connectivity index (χ4v) is 3.70. The van der Waals surface area contributed by atoms with Crippen molar-refractivity contribution in [3.8, 4) is 0 Å². The van der Waals surface area contributed by atoms with Crippen LogP contribution >= 0.6 is 0 Å². The van der Waals surface area contributed by atoms with Crippen molar-refractivity contribution in [1.82, 2.24) is 14.8 Å². The molecule has 0 unspecified atom stereocenters. The number of aromatic nitrogens is 3. The average Bonchev–Trinajstić information content (AvgIpc) is 2.97. The zero-order valence-corrected chi connectivity index (χ0v) is 15.2. The Morgan fingerprint density at radius 3 is 1.96 bits per heavy atom. The fourth-order valence-electron chi connectivity index (χ4n) is 2.70. The smallest absolute Gasteiger partial charge is 0.252 e. The van der Waals surface area contributed by atoms with Crippen LogP contribution in [-0.2, 0) is 28.0 Å². The Balaban J connectivity index is 2.59. The molecule has 0 saturated carbocycles. The van der Waals surface area contributed by atoms with Crippen LogP contribution in [0.5, 0.6) is 0 Å². The molecule has 1 atom stereocenters. The van der Waals surface area contributed by atoms with Gasteiger partial charge in [0.05, 0.1) is 16.9 Å². The van der Waals surface area contributed by atoms with Crippen molar-refractivity contribution in [3.05, 3.63) is 48.0 Å². The van der Waals surface area contributed by atoms with Crippen molar-refractivity contribution in [2.24, 2.45) is 0 Å². The van der Waals surface area contributed by atoms with Gasteiger partial charge in [-0.2, -0.15) is 18.3 Å².